The molecule has 0 bridgehead atoms. The molecule has 0 aliphatic heterocycles. The van der Waals surface area contributed by atoms with E-state index in [2.05, 4.69) is 48.8 Å². The second-order valence-electron chi connectivity index (χ2n) is 6.96. The van der Waals surface area contributed by atoms with Crippen LogP contribution in [0.1, 0.15) is 0 Å². The molecule has 0 heterocycles. The summed E-state index contributed by atoms with van der Waals surface area (Å²) >= 11 is 0. The largest absolute Gasteiger partial charge is 0.450 e. The summed E-state index contributed by atoms with van der Waals surface area (Å²) in [7, 11) is -2.11. The van der Waals surface area contributed by atoms with Gasteiger partial charge >= 0.3 is 12.2 Å². The summed E-state index contributed by atoms with van der Waals surface area (Å²) in [6.45, 7) is 14.3. The third-order valence-corrected chi connectivity index (χ3v) is 5.60. The minimum Gasteiger partial charge on any atom is -0.450 e. The molecule has 8 heteroatoms. The van der Waals surface area contributed by atoms with Crippen molar-refractivity contribution in [2.45, 2.75) is 51.4 Å². The van der Waals surface area contributed by atoms with Crippen molar-refractivity contribution in [3.8, 4) is 0 Å². The number of hydrogen-bond donors (Lipinski definition) is 2. The second kappa shape index (κ2) is 9.81. The molecule has 0 radical (unpaired) electrons. The zero-order valence-electron chi connectivity index (χ0n) is 13.6. The molecule has 0 saturated heterocycles. The Morgan fingerprint density at radius 3 is 1.15 bits per heavy atom. The summed E-state index contributed by atoms with van der Waals surface area (Å²) in [5, 5.41) is 0. The lowest BCUT2D eigenvalue weighted by atomic mass is 10.8. The van der Waals surface area contributed by atoms with Gasteiger partial charge in [-0.15, -0.1) is 0 Å². The molecule has 0 aliphatic rings. The normalized spacial score (nSPS) is 11.1. The Labute approximate surface area is 124 Å². The van der Waals surface area contributed by atoms with Gasteiger partial charge in [0.1, 0.15) is 0 Å². The van der Waals surface area contributed by atoms with E-state index in [0.29, 0.717) is 13.2 Å². The Balaban J connectivity index is 0. The van der Waals surface area contributed by atoms with Crippen molar-refractivity contribution >= 4 is 28.3 Å². The average Bonchev–Trinajstić information content (AvgIpc) is 2.12. The van der Waals surface area contributed by atoms with Crippen molar-refractivity contribution in [2.24, 2.45) is 11.5 Å². The van der Waals surface area contributed by atoms with Gasteiger partial charge in [0.2, 0.25) is 0 Å². The van der Waals surface area contributed by atoms with E-state index in [1.54, 1.807) is 0 Å². The topological polar surface area (TPSA) is 105 Å². The number of rotatable bonds is 6. The summed E-state index contributed by atoms with van der Waals surface area (Å²) in [6, 6.07) is 1.96. The van der Waals surface area contributed by atoms with Crippen LogP contribution in [0.25, 0.3) is 0 Å². The summed E-state index contributed by atoms with van der Waals surface area (Å²) in [5.74, 6) is 0. The maximum absolute atomic E-state index is 10.1. The summed E-state index contributed by atoms with van der Waals surface area (Å²) in [4.78, 5) is 20.2. The molecule has 0 atom stereocenters. The fourth-order valence-corrected chi connectivity index (χ4v) is 2.34. The van der Waals surface area contributed by atoms with Gasteiger partial charge in [-0.3, -0.25) is 0 Å². The summed E-state index contributed by atoms with van der Waals surface area (Å²) in [5.41, 5.74) is 9.55. The van der Waals surface area contributed by atoms with Crippen molar-refractivity contribution < 1.29 is 19.1 Å². The SMILES string of the molecule is C[Si](C)(C)CCOC(N)=O.C[Si](C)(C)CCOC(N)=O. The van der Waals surface area contributed by atoms with Crippen molar-refractivity contribution in [1.29, 1.82) is 0 Å². The van der Waals surface area contributed by atoms with Gasteiger partial charge in [-0.05, 0) is 12.1 Å². The van der Waals surface area contributed by atoms with Gasteiger partial charge < -0.3 is 20.9 Å². The lowest BCUT2D eigenvalue weighted by Crippen LogP contribution is -2.24. The zero-order valence-corrected chi connectivity index (χ0v) is 15.6. The van der Waals surface area contributed by atoms with E-state index in [1.165, 1.54) is 0 Å². The van der Waals surface area contributed by atoms with Gasteiger partial charge in [0, 0.05) is 16.1 Å². The Morgan fingerprint density at radius 2 is 1.00 bits per heavy atom. The first-order chi connectivity index (χ1) is 8.83. The van der Waals surface area contributed by atoms with E-state index in [1.807, 2.05) is 0 Å². The maximum Gasteiger partial charge on any atom is 0.404 e. The first kappa shape index (κ1) is 21.3. The highest BCUT2D eigenvalue weighted by molar-refractivity contribution is 6.76. The predicted molar refractivity (Wildman–Crippen MR) is 87.4 cm³/mol. The second-order valence-corrected chi connectivity index (χ2v) is 18.2. The third-order valence-electron chi connectivity index (χ3n) is 2.19. The summed E-state index contributed by atoms with van der Waals surface area (Å²) in [6.07, 6.45) is -1.34. The van der Waals surface area contributed by atoms with Crippen LogP contribution >= 0.6 is 0 Å². The maximum atomic E-state index is 10.1. The quantitative estimate of drug-likeness (QED) is 0.733. The highest BCUT2D eigenvalue weighted by Gasteiger charge is 2.13. The van der Waals surface area contributed by atoms with E-state index in [0.717, 1.165) is 12.1 Å². The Kier molecular flexibility index (Phi) is 10.4. The fourth-order valence-electron chi connectivity index (χ4n) is 0.916. The number of carbonyl (C=O) groups excluding carboxylic acids is 2. The van der Waals surface area contributed by atoms with Crippen LogP contribution in [-0.4, -0.2) is 41.5 Å². The molecule has 0 rings (SSSR count). The molecule has 0 unspecified atom stereocenters. The molecule has 0 aromatic carbocycles. The molecule has 0 saturated carbocycles. The van der Waals surface area contributed by atoms with Crippen molar-refractivity contribution in [2.75, 3.05) is 13.2 Å². The average molecular weight is 323 g/mol. The molecule has 0 aliphatic carbocycles. The predicted octanol–water partition coefficient (Wildman–Crippen LogP) is 2.84. The van der Waals surface area contributed by atoms with Crippen LogP contribution in [0.2, 0.25) is 51.4 Å². The third kappa shape index (κ3) is 25.7. The minimum atomic E-state index is -1.06. The number of primary amides is 2. The standard InChI is InChI=1S/2C6H15NO2Si/c2*1-10(2,3)5-4-9-6(7)8/h2*4-5H2,1-3H3,(H2,7,8). The molecule has 2 amide bonds. The van der Waals surface area contributed by atoms with Gasteiger partial charge in [-0.2, -0.15) is 0 Å². The number of carbonyl (C=O) groups is 2. The Morgan fingerprint density at radius 1 is 0.750 bits per heavy atom. The summed E-state index contributed by atoms with van der Waals surface area (Å²) < 4.78 is 9.18. The monoisotopic (exact) mass is 322 g/mol. The number of ether oxygens (including phenoxy) is 2. The molecule has 0 aromatic heterocycles. The molecule has 0 fully saturated rings. The first-order valence-corrected chi connectivity index (χ1v) is 14.1. The van der Waals surface area contributed by atoms with Gasteiger partial charge in [0.15, 0.2) is 0 Å². The number of amides is 2. The van der Waals surface area contributed by atoms with Crippen molar-refractivity contribution in [3.63, 3.8) is 0 Å². The molecule has 6 nitrogen and oxygen atoms in total. The minimum absolute atomic E-state index is 0.477. The van der Waals surface area contributed by atoms with Gasteiger partial charge in [0.25, 0.3) is 0 Å². The number of hydrogen-bond acceptors (Lipinski definition) is 4. The van der Waals surface area contributed by atoms with Crippen LogP contribution in [0.5, 0.6) is 0 Å². The van der Waals surface area contributed by atoms with Crippen LogP contribution in [0.15, 0.2) is 0 Å². The lowest BCUT2D eigenvalue weighted by Gasteiger charge is -2.14. The Hall–Kier alpha value is -1.03. The van der Waals surface area contributed by atoms with E-state index in [-0.39, 0.29) is 0 Å². The molecular weight excluding hydrogens is 292 g/mol. The number of nitrogens with two attached hydrogens (primary N) is 2. The van der Waals surface area contributed by atoms with Gasteiger partial charge in [-0.25, -0.2) is 9.59 Å². The molecule has 4 N–H and O–H groups in total. The van der Waals surface area contributed by atoms with Crippen molar-refractivity contribution in [1.82, 2.24) is 0 Å². The van der Waals surface area contributed by atoms with Gasteiger partial charge in [-0.1, -0.05) is 39.3 Å². The molecule has 0 aromatic rings. The van der Waals surface area contributed by atoms with E-state index in [9.17, 15) is 9.59 Å². The first-order valence-electron chi connectivity index (χ1n) is 6.68. The highest BCUT2D eigenvalue weighted by atomic mass is 28.3. The molecule has 0 spiro atoms. The smallest absolute Gasteiger partial charge is 0.404 e. The lowest BCUT2D eigenvalue weighted by molar-refractivity contribution is 0.161. The molecule has 20 heavy (non-hydrogen) atoms. The van der Waals surface area contributed by atoms with Crippen LogP contribution in [0.4, 0.5) is 9.59 Å². The molecule has 120 valence electrons. The van der Waals surface area contributed by atoms with Crippen LogP contribution in [-0.2, 0) is 9.47 Å². The van der Waals surface area contributed by atoms with E-state index in [4.69, 9.17) is 11.5 Å². The Bertz CT molecular complexity index is 269. The van der Waals surface area contributed by atoms with Crippen LogP contribution in [0, 0.1) is 0 Å². The van der Waals surface area contributed by atoms with Crippen LogP contribution < -0.4 is 11.5 Å². The van der Waals surface area contributed by atoms with Crippen LogP contribution in [0.3, 0.4) is 0 Å². The zero-order chi connectivity index (χ0) is 16.4. The highest BCUT2D eigenvalue weighted by Crippen LogP contribution is 2.07. The van der Waals surface area contributed by atoms with E-state index >= 15 is 0 Å². The van der Waals surface area contributed by atoms with Crippen molar-refractivity contribution in [3.05, 3.63) is 0 Å². The molecular formula is C12H30N2O4Si2. The van der Waals surface area contributed by atoms with E-state index < -0.39 is 28.3 Å². The fraction of sp³-hybridized carbons (Fsp3) is 0.833. The van der Waals surface area contributed by atoms with Gasteiger partial charge in [0.05, 0.1) is 13.2 Å².